The van der Waals surface area contributed by atoms with E-state index in [2.05, 4.69) is 10.3 Å². The molecule has 0 aliphatic rings. The van der Waals surface area contributed by atoms with Crippen LogP contribution in [0.3, 0.4) is 0 Å². The van der Waals surface area contributed by atoms with Gasteiger partial charge in [-0.3, -0.25) is 9.78 Å². The summed E-state index contributed by atoms with van der Waals surface area (Å²) in [5.41, 5.74) is 1.08. The molecule has 0 radical (unpaired) electrons. The van der Waals surface area contributed by atoms with Gasteiger partial charge in [0.1, 0.15) is 5.69 Å². The fourth-order valence-electron chi connectivity index (χ4n) is 1.94. The SMILES string of the molecule is O=C(Nc1ccc(Cl)cc1)c1cc2ccccc2cn1. The van der Waals surface area contributed by atoms with Gasteiger partial charge in [-0.1, -0.05) is 35.9 Å². The van der Waals surface area contributed by atoms with Gasteiger partial charge in [0.25, 0.3) is 5.91 Å². The predicted molar refractivity (Wildman–Crippen MR) is 81.1 cm³/mol. The van der Waals surface area contributed by atoms with Gasteiger partial charge in [-0.05, 0) is 35.7 Å². The van der Waals surface area contributed by atoms with Crippen LogP contribution in [-0.2, 0) is 0 Å². The van der Waals surface area contributed by atoms with Gasteiger partial charge in [-0.25, -0.2) is 0 Å². The quantitative estimate of drug-likeness (QED) is 0.767. The molecule has 0 unspecified atom stereocenters. The maximum atomic E-state index is 12.1. The third kappa shape index (κ3) is 2.63. The summed E-state index contributed by atoms with van der Waals surface area (Å²) in [7, 11) is 0. The number of hydrogen-bond donors (Lipinski definition) is 1. The highest BCUT2D eigenvalue weighted by Crippen LogP contribution is 2.16. The summed E-state index contributed by atoms with van der Waals surface area (Å²) in [5.74, 6) is -0.238. The number of anilines is 1. The number of nitrogens with zero attached hydrogens (tertiary/aromatic N) is 1. The Morgan fingerprint density at radius 2 is 1.70 bits per heavy atom. The molecule has 0 atom stereocenters. The number of hydrogen-bond acceptors (Lipinski definition) is 2. The monoisotopic (exact) mass is 282 g/mol. The molecule has 4 heteroatoms. The molecule has 1 amide bonds. The van der Waals surface area contributed by atoms with E-state index < -0.39 is 0 Å². The molecule has 0 saturated heterocycles. The Labute approximate surface area is 121 Å². The molecule has 1 N–H and O–H groups in total. The molecule has 3 aromatic rings. The van der Waals surface area contributed by atoms with E-state index in [0.717, 1.165) is 10.8 Å². The summed E-state index contributed by atoms with van der Waals surface area (Å²) in [4.78, 5) is 16.3. The fraction of sp³-hybridized carbons (Fsp3) is 0. The number of rotatable bonds is 2. The number of pyridine rings is 1. The van der Waals surface area contributed by atoms with E-state index in [4.69, 9.17) is 11.6 Å². The predicted octanol–water partition coefficient (Wildman–Crippen LogP) is 4.14. The van der Waals surface area contributed by atoms with Gasteiger partial charge in [0, 0.05) is 22.3 Å². The first-order chi connectivity index (χ1) is 9.72. The molecule has 0 spiro atoms. The first kappa shape index (κ1) is 12.6. The van der Waals surface area contributed by atoms with Gasteiger partial charge in [0.05, 0.1) is 0 Å². The molecule has 20 heavy (non-hydrogen) atoms. The Kier molecular flexibility index (Phi) is 3.35. The number of halogens is 1. The minimum absolute atomic E-state index is 0.238. The molecule has 0 fully saturated rings. The molecule has 0 saturated carbocycles. The van der Waals surface area contributed by atoms with Crippen molar-refractivity contribution in [1.29, 1.82) is 0 Å². The van der Waals surface area contributed by atoms with Crippen LogP contribution in [0.5, 0.6) is 0 Å². The standard InChI is InChI=1S/C16H11ClN2O/c17-13-5-7-14(8-6-13)19-16(20)15-9-11-3-1-2-4-12(11)10-18-15/h1-10H,(H,19,20). The van der Waals surface area contributed by atoms with Crippen molar-refractivity contribution >= 4 is 34.0 Å². The van der Waals surface area contributed by atoms with Gasteiger partial charge in [0.2, 0.25) is 0 Å². The van der Waals surface area contributed by atoms with Crippen molar-refractivity contribution in [2.24, 2.45) is 0 Å². The van der Waals surface area contributed by atoms with Gasteiger partial charge in [0.15, 0.2) is 0 Å². The highest BCUT2D eigenvalue weighted by Gasteiger charge is 2.08. The van der Waals surface area contributed by atoms with Gasteiger partial charge < -0.3 is 5.32 Å². The van der Waals surface area contributed by atoms with Crippen molar-refractivity contribution in [3.05, 3.63) is 71.5 Å². The first-order valence-electron chi connectivity index (χ1n) is 6.14. The Bertz CT molecular complexity index is 769. The van der Waals surface area contributed by atoms with Crippen LogP contribution in [0.4, 0.5) is 5.69 Å². The van der Waals surface area contributed by atoms with Crippen molar-refractivity contribution in [2.45, 2.75) is 0 Å². The highest BCUT2D eigenvalue weighted by atomic mass is 35.5. The summed E-state index contributed by atoms with van der Waals surface area (Å²) in [6.07, 6.45) is 1.70. The molecule has 0 aliphatic carbocycles. The number of carbonyl (C=O) groups excluding carboxylic acids is 1. The maximum Gasteiger partial charge on any atom is 0.274 e. The third-order valence-corrected chi connectivity index (χ3v) is 3.22. The lowest BCUT2D eigenvalue weighted by Crippen LogP contribution is -2.13. The van der Waals surface area contributed by atoms with Gasteiger partial charge in [-0.15, -0.1) is 0 Å². The molecule has 1 aromatic heterocycles. The van der Waals surface area contributed by atoms with E-state index in [-0.39, 0.29) is 5.91 Å². The second-order valence-electron chi connectivity index (χ2n) is 4.38. The highest BCUT2D eigenvalue weighted by molar-refractivity contribution is 6.30. The largest absolute Gasteiger partial charge is 0.321 e. The zero-order chi connectivity index (χ0) is 13.9. The van der Waals surface area contributed by atoms with Crippen LogP contribution >= 0.6 is 11.6 Å². The normalized spacial score (nSPS) is 10.4. The van der Waals surface area contributed by atoms with Crippen molar-refractivity contribution in [1.82, 2.24) is 4.98 Å². The zero-order valence-electron chi connectivity index (χ0n) is 10.5. The second kappa shape index (κ2) is 5.31. The van der Waals surface area contributed by atoms with Crippen LogP contribution in [-0.4, -0.2) is 10.9 Å². The lowest BCUT2D eigenvalue weighted by molar-refractivity contribution is 0.102. The molecule has 1 heterocycles. The molecule has 3 rings (SSSR count). The van der Waals surface area contributed by atoms with Crippen LogP contribution in [0.25, 0.3) is 10.8 Å². The van der Waals surface area contributed by atoms with Crippen molar-refractivity contribution in [2.75, 3.05) is 5.32 Å². The summed E-state index contributed by atoms with van der Waals surface area (Å²) in [5, 5.41) is 5.42. The summed E-state index contributed by atoms with van der Waals surface area (Å²) in [6.45, 7) is 0. The summed E-state index contributed by atoms with van der Waals surface area (Å²) in [6, 6.07) is 16.5. The molecular formula is C16H11ClN2O. The number of benzene rings is 2. The topological polar surface area (TPSA) is 42.0 Å². The average Bonchev–Trinajstić information content (AvgIpc) is 2.49. The number of amides is 1. The van der Waals surface area contributed by atoms with Crippen LogP contribution in [0.1, 0.15) is 10.5 Å². The number of aromatic nitrogens is 1. The number of nitrogens with one attached hydrogen (secondary N) is 1. The number of carbonyl (C=O) groups is 1. The van der Waals surface area contributed by atoms with Crippen LogP contribution in [0.2, 0.25) is 5.02 Å². The Balaban J connectivity index is 1.86. The van der Waals surface area contributed by atoms with E-state index >= 15 is 0 Å². The average molecular weight is 283 g/mol. The van der Waals surface area contributed by atoms with E-state index in [1.54, 1.807) is 36.5 Å². The minimum atomic E-state index is -0.238. The van der Waals surface area contributed by atoms with Crippen molar-refractivity contribution in [3.63, 3.8) is 0 Å². The van der Waals surface area contributed by atoms with Crippen molar-refractivity contribution < 1.29 is 4.79 Å². The smallest absolute Gasteiger partial charge is 0.274 e. The molecule has 3 nitrogen and oxygen atoms in total. The van der Waals surface area contributed by atoms with E-state index in [1.165, 1.54) is 0 Å². The summed E-state index contributed by atoms with van der Waals surface area (Å²) >= 11 is 5.81. The number of fused-ring (bicyclic) bond motifs is 1. The van der Waals surface area contributed by atoms with E-state index in [1.807, 2.05) is 24.3 Å². The molecule has 0 aliphatic heterocycles. The van der Waals surface area contributed by atoms with E-state index in [9.17, 15) is 4.79 Å². The Morgan fingerprint density at radius 1 is 1.00 bits per heavy atom. The van der Waals surface area contributed by atoms with Gasteiger partial charge >= 0.3 is 0 Å². The second-order valence-corrected chi connectivity index (χ2v) is 4.81. The fourth-order valence-corrected chi connectivity index (χ4v) is 2.06. The molecule has 98 valence electrons. The lowest BCUT2D eigenvalue weighted by atomic mass is 10.1. The lowest BCUT2D eigenvalue weighted by Gasteiger charge is -2.05. The van der Waals surface area contributed by atoms with Crippen LogP contribution < -0.4 is 5.32 Å². The Hall–Kier alpha value is -2.39. The molecular weight excluding hydrogens is 272 g/mol. The van der Waals surface area contributed by atoms with E-state index in [0.29, 0.717) is 16.4 Å². The van der Waals surface area contributed by atoms with Crippen molar-refractivity contribution in [3.8, 4) is 0 Å². The van der Waals surface area contributed by atoms with Crippen LogP contribution in [0, 0.1) is 0 Å². The molecule has 0 bridgehead atoms. The zero-order valence-corrected chi connectivity index (χ0v) is 11.3. The Morgan fingerprint density at radius 3 is 2.45 bits per heavy atom. The third-order valence-electron chi connectivity index (χ3n) is 2.97. The van der Waals surface area contributed by atoms with Crippen LogP contribution in [0.15, 0.2) is 60.8 Å². The molecule has 2 aromatic carbocycles. The summed E-state index contributed by atoms with van der Waals surface area (Å²) < 4.78 is 0. The maximum absolute atomic E-state index is 12.1. The first-order valence-corrected chi connectivity index (χ1v) is 6.52. The van der Waals surface area contributed by atoms with Gasteiger partial charge in [-0.2, -0.15) is 0 Å². The minimum Gasteiger partial charge on any atom is -0.321 e.